The number of nitrogens with one attached hydrogen (secondary N) is 2. The fourth-order valence-corrected chi connectivity index (χ4v) is 7.33. The summed E-state index contributed by atoms with van der Waals surface area (Å²) in [5.74, 6) is -4.40. The van der Waals surface area contributed by atoms with Crippen LogP contribution < -0.4 is 20.9 Å². The number of carbonyl (C=O) groups excluding carboxylic acids is 5. The number of aromatic nitrogens is 4. The Morgan fingerprint density at radius 1 is 0.613 bits per heavy atom. The van der Waals surface area contributed by atoms with Crippen molar-refractivity contribution in [2.24, 2.45) is 0 Å². The third-order valence-corrected chi connectivity index (χ3v) is 10.5. The van der Waals surface area contributed by atoms with Gasteiger partial charge in [0.15, 0.2) is 0 Å². The molecule has 4 heterocycles. The number of amides is 6. The first-order valence-corrected chi connectivity index (χ1v) is 19.1. The van der Waals surface area contributed by atoms with Crippen LogP contribution in [-0.4, -0.2) is 96.1 Å². The first kappa shape index (κ1) is 42.2. The first-order valence-electron chi connectivity index (χ1n) is 19.1. The molecule has 0 saturated carbocycles. The molecule has 0 bridgehead atoms. The molecule has 0 radical (unpaired) electrons. The van der Waals surface area contributed by atoms with E-state index in [1.54, 1.807) is 48.5 Å². The second-order valence-corrected chi connectivity index (χ2v) is 14.6. The SMILES string of the molecule is CC(=O)CN1C(=O)N(c2cc(Cc3n[nH]c(=O)c4ccccc34)ccc2F)C(=O)C1C.CC1C(=O)N(c2cc(Cc3n[nH]c(=O)c4ccccc34)ccc2F)C(=O)N1CC(=O)O. The van der Waals surface area contributed by atoms with Gasteiger partial charge in [-0.15, -0.1) is 0 Å². The molecule has 0 aliphatic carbocycles. The van der Waals surface area contributed by atoms with Crippen molar-refractivity contribution in [2.45, 2.75) is 45.7 Å². The maximum Gasteiger partial charge on any atom is 0.332 e. The predicted octanol–water partition coefficient (Wildman–Crippen LogP) is 4.29. The van der Waals surface area contributed by atoms with Crippen LogP contribution in [0.1, 0.15) is 43.3 Å². The van der Waals surface area contributed by atoms with Crippen LogP contribution in [0.3, 0.4) is 0 Å². The van der Waals surface area contributed by atoms with Crippen molar-refractivity contribution in [1.82, 2.24) is 30.2 Å². The molecule has 2 fully saturated rings. The zero-order chi connectivity index (χ0) is 44.6. The third kappa shape index (κ3) is 8.02. The van der Waals surface area contributed by atoms with Crippen LogP contribution >= 0.6 is 0 Å². The second kappa shape index (κ2) is 17.0. The molecule has 6 amide bonds. The van der Waals surface area contributed by atoms with E-state index < -0.39 is 60.1 Å². The number of fused-ring (bicyclic) bond motifs is 2. The molecule has 17 nitrogen and oxygen atoms in total. The van der Waals surface area contributed by atoms with Crippen LogP contribution in [0.2, 0.25) is 0 Å². The molecule has 2 unspecified atom stereocenters. The topological polar surface area (TPSA) is 227 Å². The van der Waals surface area contributed by atoms with Crippen LogP contribution in [0.25, 0.3) is 21.5 Å². The number of aromatic amines is 2. The second-order valence-electron chi connectivity index (χ2n) is 14.6. The molecule has 6 aromatic rings. The molecule has 2 saturated heterocycles. The first-order chi connectivity index (χ1) is 29.5. The van der Waals surface area contributed by atoms with Gasteiger partial charge in [-0.1, -0.05) is 48.5 Å². The normalized spacial score (nSPS) is 16.4. The smallest absolute Gasteiger partial charge is 0.332 e. The molecule has 62 heavy (non-hydrogen) atoms. The molecule has 19 heteroatoms. The van der Waals surface area contributed by atoms with Gasteiger partial charge in [0.05, 0.1) is 40.1 Å². The molecule has 2 aromatic heterocycles. The van der Waals surface area contributed by atoms with Crippen LogP contribution in [0.15, 0.2) is 94.5 Å². The van der Waals surface area contributed by atoms with Crippen molar-refractivity contribution >= 4 is 68.5 Å². The van der Waals surface area contributed by atoms with Crippen LogP contribution in [0.5, 0.6) is 0 Å². The Morgan fingerprint density at radius 3 is 1.39 bits per heavy atom. The van der Waals surface area contributed by atoms with Crippen molar-refractivity contribution in [3.63, 3.8) is 0 Å². The monoisotopic (exact) mass is 846 g/mol. The van der Waals surface area contributed by atoms with E-state index in [1.165, 1.54) is 51.1 Å². The highest BCUT2D eigenvalue weighted by Gasteiger charge is 2.46. The number of carboxylic acids is 1. The van der Waals surface area contributed by atoms with Gasteiger partial charge in [-0.3, -0.25) is 28.8 Å². The number of aliphatic carboxylic acids is 1. The summed E-state index contributed by atoms with van der Waals surface area (Å²) in [6.07, 6.45) is 0.447. The number of H-pyrrole nitrogens is 2. The van der Waals surface area contributed by atoms with Gasteiger partial charge in [0.2, 0.25) is 0 Å². The number of hydrogen-bond donors (Lipinski definition) is 3. The molecule has 2 atom stereocenters. The molecule has 3 N–H and O–H groups in total. The fraction of sp³-hybridized carbons (Fsp3) is 0.209. The molecule has 8 rings (SSSR count). The average molecular weight is 847 g/mol. The Bertz CT molecular complexity index is 2770. The van der Waals surface area contributed by atoms with Crippen molar-refractivity contribution < 1.29 is 42.7 Å². The number of rotatable bonds is 10. The van der Waals surface area contributed by atoms with Crippen LogP contribution in [0, 0.1) is 11.6 Å². The highest BCUT2D eigenvalue weighted by atomic mass is 19.1. The number of carboxylic acid groups (broad SMARTS) is 1. The minimum absolute atomic E-state index is 0.181. The molecular weight excluding hydrogens is 811 g/mol. The van der Waals surface area contributed by atoms with Gasteiger partial charge in [0.1, 0.15) is 36.0 Å². The Morgan fingerprint density at radius 2 is 1.00 bits per heavy atom. The van der Waals surface area contributed by atoms with E-state index in [2.05, 4.69) is 20.4 Å². The summed E-state index contributed by atoms with van der Waals surface area (Å²) in [5.41, 5.74) is 1.16. The number of Topliss-reactive ketones (excluding diaryl/α,β-unsaturated/α-hetero) is 1. The number of urea groups is 2. The number of hydrogen-bond acceptors (Lipinski definition) is 10. The van der Waals surface area contributed by atoms with E-state index in [4.69, 9.17) is 5.11 Å². The van der Waals surface area contributed by atoms with E-state index in [-0.39, 0.29) is 47.7 Å². The minimum Gasteiger partial charge on any atom is -0.480 e. The van der Waals surface area contributed by atoms with E-state index in [9.17, 15) is 47.1 Å². The zero-order valence-corrected chi connectivity index (χ0v) is 33.2. The summed E-state index contributed by atoms with van der Waals surface area (Å²) in [6.45, 7) is 3.31. The maximum atomic E-state index is 14.6. The number of nitrogens with zero attached hydrogens (tertiary/aromatic N) is 6. The number of benzene rings is 4. The number of ketones is 1. The largest absolute Gasteiger partial charge is 0.480 e. The molecule has 4 aromatic carbocycles. The average Bonchev–Trinajstić information content (AvgIpc) is 3.58. The number of imide groups is 2. The van der Waals surface area contributed by atoms with Gasteiger partial charge in [0, 0.05) is 23.6 Å². The Balaban J connectivity index is 0.000000186. The highest BCUT2D eigenvalue weighted by molar-refractivity contribution is 6.22. The molecule has 0 spiro atoms. The van der Waals surface area contributed by atoms with E-state index >= 15 is 0 Å². The molecule has 2 aliphatic heterocycles. The van der Waals surface area contributed by atoms with Gasteiger partial charge >= 0.3 is 18.0 Å². The summed E-state index contributed by atoms with van der Waals surface area (Å²) in [6, 6.07) is 18.4. The van der Waals surface area contributed by atoms with E-state index in [0.29, 0.717) is 49.0 Å². The highest BCUT2D eigenvalue weighted by Crippen LogP contribution is 2.31. The summed E-state index contributed by atoms with van der Waals surface area (Å²) in [5, 5.41) is 24.3. The van der Waals surface area contributed by atoms with Gasteiger partial charge in [-0.25, -0.2) is 38.4 Å². The van der Waals surface area contributed by atoms with Gasteiger partial charge in [-0.2, -0.15) is 10.2 Å². The van der Waals surface area contributed by atoms with Gasteiger partial charge in [0.25, 0.3) is 22.9 Å². The van der Waals surface area contributed by atoms with Crippen molar-refractivity contribution in [3.05, 3.63) is 140 Å². The maximum absolute atomic E-state index is 14.6. The molecule has 2 aliphatic rings. The predicted molar refractivity (Wildman–Crippen MR) is 220 cm³/mol. The summed E-state index contributed by atoms with van der Waals surface area (Å²) in [4.78, 5) is 101. The number of anilines is 2. The number of halogens is 2. The van der Waals surface area contributed by atoms with Crippen LogP contribution in [-0.2, 0) is 32.0 Å². The quantitative estimate of drug-likeness (QED) is 0.165. The summed E-state index contributed by atoms with van der Waals surface area (Å²) >= 11 is 0. The van der Waals surface area contributed by atoms with E-state index in [1.807, 2.05) is 0 Å². The van der Waals surface area contributed by atoms with Crippen LogP contribution in [0.4, 0.5) is 29.7 Å². The molecule has 316 valence electrons. The summed E-state index contributed by atoms with van der Waals surface area (Å²) < 4.78 is 29.2. The Kier molecular flexibility index (Phi) is 11.5. The van der Waals surface area contributed by atoms with Gasteiger partial charge < -0.3 is 14.9 Å². The zero-order valence-electron chi connectivity index (χ0n) is 33.2. The minimum atomic E-state index is -1.28. The lowest BCUT2D eigenvalue weighted by Crippen LogP contribution is -2.38. The Labute approximate surface area is 349 Å². The van der Waals surface area contributed by atoms with E-state index in [0.717, 1.165) is 20.8 Å². The van der Waals surface area contributed by atoms with Crippen molar-refractivity contribution in [2.75, 3.05) is 22.9 Å². The lowest BCUT2D eigenvalue weighted by Gasteiger charge is -2.18. The fourth-order valence-electron chi connectivity index (χ4n) is 7.33. The standard InChI is InChI=1S/C22H19FN4O4.C21H17FN4O5/c1-12(28)11-26-13(2)21(30)27(22(26)31)19-10-14(7-8-17(19)23)9-18-15-5-3-4-6-16(15)20(29)25-24-18;1-11-20(30)26(21(31)25(11)10-18(27)28)17-9-12(6-7-15(17)22)8-16-13-4-2-3-5-14(13)19(29)24-23-16/h3-8,10,13H,9,11H2,1-2H3,(H,25,29);2-7,9,11H,8,10H2,1H3,(H,24,29)(H,27,28). The number of carbonyl (C=O) groups is 6. The van der Waals surface area contributed by atoms with Crippen molar-refractivity contribution in [3.8, 4) is 0 Å². The molecular formula is C43H36F2N8O9. The lowest BCUT2D eigenvalue weighted by molar-refractivity contribution is -0.138. The van der Waals surface area contributed by atoms with Gasteiger partial charge in [-0.05, 0) is 68.3 Å². The lowest BCUT2D eigenvalue weighted by atomic mass is 10.0. The van der Waals surface area contributed by atoms with Crippen molar-refractivity contribution in [1.29, 1.82) is 0 Å². The third-order valence-electron chi connectivity index (χ3n) is 10.5. The Hall–Kier alpha value is -7.96. The summed E-state index contributed by atoms with van der Waals surface area (Å²) in [7, 11) is 0.